The van der Waals surface area contributed by atoms with Crippen LogP contribution in [0.4, 0.5) is 8.78 Å². The molecule has 0 aromatic heterocycles. The van der Waals surface area contributed by atoms with E-state index in [0.717, 1.165) is 18.4 Å². The highest BCUT2D eigenvalue weighted by Gasteiger charge is 2.29. The van der Waals surface area contributed by atoms with Gasteiger partial charge in [-0.25, -0.2) is 0 Å². The standard InChI is InChI=1S/C9H12ClF2NO/c1-2-3-7-4-5-8(13-6-7)14-9(10,11)12/h4-6,8,13H,2-3H2,1H3/t8-/m1/s1. The van der Waals surface area contributed by atoms with E-state index in [1.165, 1.54) is 6.08 Å². The zero-order valence-corrected chi connectivity index (χ0v) is 8.52. The second kappa shape index (κ2) is 4.75. The number of hydrogen-bond donors (Lipinski definition) is 1. The summed E-state index contributed by atoms with van der Waals surface area (Å²) >= 11 is 4.61. The van der Waals surface area contributed by atoms with E-state index in [2.05, 4.69) is 21.7 Å². The molecule has 0 bridgehead atoms. The summed E-state index contributed by atoms with van der Waals surface area (Å²) in [4.78, 5) is 0. The molecule has 1 N–H and O–H groups in total. The topological polar surface area (TPSA) is 21.3 Å². The summed E-state index contributed by atoms with van der Waals surface area (Å²) in [6.07, 6.45) is 6.00. The lowest BCUT2D eigenvalue weighted by Crippen LogP contribution is -2.33. The van der Waals surface area contributed by atoms with Crippen molar-refractivity contribution in [2.75, 3.05) is 0 Å². The van der Waals surface area contributed by atoms with Crippen LogP contribution >= 0.6 is 11.6 Å². The minimum atomic E-state index is -3.63. The van der Waals surface area contributed by atoms with Gasteiger partial charge in [0, 0.05) is 6.20 Å². The maximum atomic E-state index is 12.2. The van der Waals surface area contributed by atoms with Crippen LogP contribution in [0.2, 0.25) is 0 Å². The summed E-state index contributed by atoms with van der Waals surface area (Å²) in [6.45, 7) is 2.05. The fourth-order valence-electron chi connectivity index (χ4n) is 1.17. The van der Waals surface area contributed by atoms with E-state index >= 15 is 0 Å². The van der Waals surface area contributed by atoms with Crippen LogP contribution < -0.4 is 5.32 Å². The molecule has 1 aliphatic heterocycles. The van der Waals surface area contributed by atoms with Gasteiger partial charge < -0.3 is 5.32 Å². The van der Waals surface area contributed by atoms with Crippen molar-refractivity contribution in [3.8, 4) is 0 Å². The lowest BCUT2D eigenvalue weighted by molar-refractivity contribution is -0.193. The molecule has 0 unspecified atom stereocenters. The molecule has 0 fully saturated rings. The van der Waals surface area contributed by atoms with Crippen LogP contribution in [-0.2, 0) is 4.74 Å². The average Bonchev–Trinajstić information content (AvgIpc) is 2.06. The SMILES string of the molecule is CCCC1=CN[C@H](OC(F)(F)Cl)C=C1. The molecule has 1 heterocycles. The van der Waals surface area contributed by atoms with Gasteiger partial charge in [-0.2, -0.15) is 8.78 Å². The van der Waals surface area contributed by atoms with Gasteiger partial charge in [0.25, 0.3) is 0 Å². The highest BCUT2D eigenvalue weighted by atomic mass is 35.5. The first-order valence-corrected chi connectivity index (χ1v) is 4.77. The summed E-state index contributed by atoms with van der Waals surface area (Å²) in [5.74, 6) is 0. The molecule has 5 heteroatoms. The van der Waals surface area contributed by atoms with Crippen LogP contribution in [0.1, 0.15) is 19.8 Å². The first-order chi connectivity index (χ1) is 6.51. The number of nitrogens with one attached hydrogen (secondary N) is 1. The van der Waals surface area contributed by atoms with Crippen molar-refractivity contribution >= 4 is 11.6 Å². The van der Waals surface area contributed by atoms with Crippen molar-refractivity contribution in [3.63, 3.8) is 0 Å². The van der Waals surface area contributed by atoms with Crippen LogP contribution in [0, 0.1) is 0 Å². The number of hydrogen-bond acceptors (Lipinski definition) is 2. The fourth-order valence-corrected chi connectivity index (χ4v) is 1.26. The molecule has 0 spiro atoms. The lowest BCUT2D eigenvalue weighted by Gasteiger charge is -2.21. The molecule has 0 saturated carbocycles. The molecular formula is C9H12ClF2NO. The van der Waals surface area contributed by atoms with Gasteiger partial charge in [0.1, 0.15) is 0 Å². The first kappa shape index (κ1) is 11.5. The zero-order chi connectivity index (χ0) is 10.6. The van der Waals surface area contributed by atoms with Gasteiger partial charge in [0.2, 0.25) is 0 Å². The van der Waals surface area contributed by atoms with E-state index in [4.69, 9.17) is 0 Å². The molecule has 0 radical (unpaired) electrons. The van der Waals surface area contributed by atoms with Crippen LogP contribution in [0.15, 0.2) is 23.9 Å². The van der Waals surface area contributed by atoms with E-state index in [-0.39, 0.29) is 0 Å². The maximum absolute atomic E-state index is 12.2. The molecule has 2 nitrogen and oxygen atoms in total. The molecule has 1 atom stereocenters. The van der Waals surface area contributed by atoms with Crippen LogP contribution in [0.5, 0.6) is 0 Å². The number of halogens is 3. The summed E-state index contributed by atoms with van der Waals surface area (Å²) < 4.78 is 28.6. The molecular weight excluding hydrogens is 212 g/mol. The number of rotatable bonds is 4. The van der Waals surface area contributed by atoms with Crippen molar-refractivity contribution in [2.24, 2.45) is 0 Å². The van der Waals surface area contributed by atoms with E-state index < -0.39 is 11.8 Å². The van der Waals surface area contributed by atoms with Gasteiger partial charge >= 0.3 is 5.57 Å². The largest absolute Gasteiger partial charge is 0.442 e. The van der Waals surface area contributed by atoms with Crippen molar-refractivity contribution in [3.05, 3.63) is 23.9 Å². The summed E-state index contributed by atoms with van der Waals surface area (Å²) in [5, 5.41) is 2.68. The monoisotopic (exact) mass is 223 g/mol. The Labute approximate surface area is 86.6 Å². The predicted octanol–water partition coefficient (Wildman–Crippen LogP) is 2.96. The smallest absolute Gasteiger partial charge is 0.362 e. The second-order valence-electron chi connectivity index (χ2n) is 2.98. The number of alkyl halides is 3. The highest BCUT2D eigenvalue weighted by Crippen LogP contribution is 2.23. The Kier molecular flexibility index (Phi) is 3.89. The van der Waals surface area contributed by atoms with Gasteiger partial charge in [-0.15, -0.1) is 0 Å². The second-order valence-corrected chi connectivity index (χ2v) is 3.42. The van der Waals surface area contributed by atoms with Gasteiger partial charge in [0.05, 0.1) is 0 Å². The van der Waals surface area contributed by atoms with E-state index in [1.54, 1.807) is 12.3 Å². The van der Waals surface area contributed by atoms with Crippen molar-refractivity contribution in [1.29, 1.82) is 0 Å². The Balaban J connectivity index is 2.41. The number of ether oxygens (including phenoxy) is 1. The van der Waals surface area contributed by atoms with Gasteiger partial charge in [-0.05, 0) is 29.7 Å². The Morgan fingerprint density at radius 1 is 1.64 bits per heavy atom. The van der Waals surface area contributed by atoms with Gasteiger partial charge in [-0.1, -0.05) is 19.4 Å². The molecule has 1 aliphatic rings. The summed E-state index contributed by atoms with van der Waals surface area (Å²) in [6, 6.07) is 0. The minimum absolute atomic E-state index is 0.858. The van der Waals surface area contributed by atoms with Crippen LogP contribution in [-0.4, -0.2) is 11.8 Å². The van der Waals surface area contributed by atoms with Gasteiger partial charge in [-0.3, -0.25) is 4.74 Å². The highest BCUT2D eigenvalue weighted by molar-refractivity contribution is 6.20. The zero-order valence-electron chi connectivity index (χ0n) is 7.77. The average molecular weight is 224 g/mol. The molecule has 0 amide bonds. The van der Waals surface area contributed by atoms with Crippen molar-refractivity contribution in [1.82, 2.24) is 5.32 Å². The molecule has 0 aromatic rings. The third-order valence-corrected chi connectivity index (χ3v) is 1.81. The first-order valence-electron chi connectivity index (χ1n) is 4.39. The maximum Gasteiger partial charge on any atom is 0.442 e. The van der Waals surface area contributed by atoms with Crippen LogP contribution in [0.3, 0.4) is 0 Å². The van der Waals surface area contributed by atoms with Gasteiger partial charge in [0.15, 0.2) is 6.23 Å². The Morgan fingerprint density at radius 2 is 2.36 bits per heavy atom. The Morgan fingerprint density at radius 3 is 2.79 bits per heavy atom. The third-order valence-electron chi connectivity index (χ3n) is 1.72. The quantitative estimate of drug-likeness (QED) is 0.740. The Bertz CT molecular complexity index is 248. The molecule has 0 aliphatic carbocycles. The molecule has 1 rings (SSSR count). The van der Waals surface area contributed by atoms with E-state index in [1.807, 2.05) is 6.92 Å². The number of allylic oxidation sites excluding steroid dienone is 2. The lowest BCUT2D eigenvalue weighted by atomic mass is 10.1. The summed E-state index contributed by atoms with van der Waals surface area (Å²) in [7, 11) is 0. The van der Waals surface area contributed by atoms with Crippen molar-refractivity contribution < 1.29 is 13.5 Å². The van der Waals surface area contributed by atoms with E-state index in [9.17, 15) is 8.78 Å². The van der Waals surface area contributed by atoms with Crippen molar-refractivity contribution in [2.45, 2.75) is 31.6 Å². The Hall–Kier alpha value is -0.610. The normalized spacial score (nSPS) is 21.7. The molecule has 80 valence electrons. The summed E-state index contributed by atoms with van der Waals surface area (Å²) in [5.41, 5.74) is -2.57. The van der Waals surface area contributed by atoms with Crippen LogP contribution in [0.25, 0.3) is 0 Å². The third kappa shape index (κ3) is 4.07. The predicted molar refractivity (Wildman–Crippen MR) is 50.9 cm³/mol. The minimum Gasteiger partial charge on any atom is -0.362 e. The molecule has 14 heavy (non-hydrogen) atoms. The molecule has 0 aromatic carbocycles. The number of dihydropyridines is 1. The fraction of sp³-hybridized carbons (Fsp3) is 0.556. The molecule has 0 saturated heterocycles. The van der Waals surface area contributed by atoms with E-state index in [0.29, 0.717) is 0 Å².